The lowest BCUT2D eigenvalue weighted by molar-refractivity contribution is 0.168. The summed E-state index contributed by atoms with van der Waals surface area (Å²) in [6.07, 6.45) is 2.55. The zero-order valence-electron chi connectivity index (χ0n) is 12.7. The fourth-order valence-electron chi connectivity index (χ4n) is 2.87. The molecule has 0 saturated heterocycles. The molecule has 0 bridgehead atoms. The highest BCUT2D eigenvalue weighted by molar-refractivity contribution is 7.93. The Kier molecular flexibility index (Phi) is 5.82. The van der Waals surface area contributed by atoms with Gasteiger partial charge in [0, 0.05) is 12.6 Å². The molecule has 6 heteroatoms. The molecule has 1 aliphatic carbocycles. The molecule has 0 aliphatic heterocycles. The summed E-state index contributed by atoms with van der Waals surface area (Å²) < 4.78 is 24.5. The van der Waals surface area contributed by atoms with Gasteiger partial charge in [-0.15, -0.1) is 11.3 Å². The van der Waals surface area contributed by atoms with E-state index in [2.05, 4.69) is 19.2 Å². The largest absolute Gasteiger partial charge is 0.391 e. The molecule has 2 rings (SSSR count). The van der Waals surface area contributed by atoms with Crippen LogP contribution in [0.3, 0.4) is 0 Å². The first-order chi connectivity index (χ1) is 9.88. The lowest BCUT2D eigenvalue weighted by atomic mass is 9.79. The third-order valence-electron chi connectivity index (χ3n) is 4.45. The number of hydrogen-bond acceptors (Lipinski definition) is 5. The first-order valence-electron chi connectivity index (χ1n) is 7.56. The molecule has 1 aromatic rings. The van der Waals surface area contributed by atoms with Crippen LogP contribution >= 0.6 is 11.3 Å². The fraction of sp³-hybridized carbons (Fsp3) is 0.733. The monoisotopic (exact) mass is 331 g/mol. The minimum Gasteiger partial charge on any atom is -0.391 e. The predicted octanol–water partition coefficient (Wildman–Crippen LogP) is 2.30. The van der Waals surface area contributed by atoms with Crippen LogP contribution in [0.5, 0.6) is 0 Å². The second-order valence-electron chi connectivity index (χ2n) is 6.24. The van der Waals surface area contributed by atoms with Crippen molar-refractivity contribution in [2.45, 2.75) is 49.5 Å². The SMILES string of the molecule is C[C@@H]1CC[C@H](NC[C@@H](O)CS(=O)(=O)c2cccs2)C[C@H]1C. The van der Waals surface area contributed by atoms with E-state index in [0.29, 0.717) is 22.7 Å². The molecule has 4 nitrogen and oxygen atoms in total. The molecular weight excluding hydrogens is 306 g/mol. The van der Waals surface area contributed by atoms with Crippen LogP contribution in [0.1, 0.15) is 33.1 Å². The highest BCUT2D eigenvalue weighted by atomic mass is 32.2. The summed E-state index contributed by atoms with van der Waals surface area (Å²) in [5.74, 6) is 1.23. The van der Waals surface area contributed by atoms with Gasteiger partial charge in [-0.05, 0) is 42.5 Å². The van der Waals surface area contributed by atoms with Gasteiger partial charge in [-0.2, -0.15) is 0 Å². The van der Waals surface area contributed by atoms with Gasteiger partial charge >= 0.3 is 0 Å². The summed E-state index contributed by atoms with van der Waals surface area (Å²) in [6.45, 7) is 4.88. The molecule has 1 fully saturated rings. The summed E-state index contributed by atoms with van der Waals surface area (Å²) in [4.78, 5) is 0. The van der Waals surface area contributed by atoms with Gasteiger partial charge in [0.15, 0.2) is 9.84 Å². The Labute approximate surface area is 131 Å². The molecule has 0 unspecified atom stereocenters. The van der Waals surface area contributed by atoms with E-state index in [9.17, 15) is 13.5 Å². The van der Waals surface area contributed by atoms with Crippen LogP contribution in [0.15, 0.2) is 21.7 Å². The van der Waals surface area contributed by atoms with Crippen molar-refractivity contribution in [1.82, 2.24) is 5.32 Å². The van der Waals surface area contributed by atoms with Gasteiger partial charge in [0.2, 0.25) is 0 Å². The number of sulfone groups is 1. The Morgan fingerprint density at radius 3 is 2.76 bits per heavy atom. The van der Waals surface area contributed by atoms with E-state index in [1.54, 1.807) is 17.5 Å². The van der Waals surface area contributed by atoms with Gasteiger partial charge < -0.3 is 10.4 Å². The number of aliphatic hydroxyl groups is 1. The second-order valence-corrected chi connectivity index (χ2v) is 9.45. The molecular formula is C15H25NO3S2. The first kappa shape index (κ1) is 16.9. The normalized spacial score (nSPS) is 28.4. The predicted molar refractivity (Wildman–Crippen MR) is 86.3 cm³/mol. The molecule has 4 atom stereocenters. The standard InChI is InChI=1S/C15H25NO3S2/c1-11-5-6-13(8-12(11)2)16-9-14(17)10-21(18,19)15-4-3-7-20-15/h3-4,7,11-14,16-17H,5-6,8-10H2,1-2H3/t11-,12-,13+,14-/m1/s1. The molecule has 0 spiro atoms. The smallest absolute Gasteiger partial charge is 0.190 e. The zero-order valence-corrected chi connectivity index (χ0v) is 14.3. The van der Waals surface area contributed by atoms with E-state index in [4.69, 9.17) is 0 Å². The summed E-state index contributed by atoms with van der Waals surface area (Å²) >= 11 is 1.20. The summed E-state index contributed by atoms with van der Waals surface area (Å²) in [5, 5.41) is 15.1. The topological polar surface area (TPSA) is 66.4 Å². The number of rotatable bonds is 6. The van der Waals surface area contributed by atoms with Crippen molar-refractivity contribution < 1.29 is 13.5 Å². The third kappa shape index (κ3) is 4.77. The molecule has 120 valence electrons. The van der Waals surface area contributed by atoms with Crippen molar-refractivity contribution in [3.63, 3.8) is 0 Å². The van der Waals surface area contributed by atoms with Crippen molar-refractivity contribution in [2.75, 3.05) is 12.3 Å². The Morgan fingerprint density at radius 1 is 1.38 bits per heavy atom. The van der Waals surface area contributed by atoms with Crippen molar-refractivity contribution in [3.05, 3.63) is 17.5 Å². The second kappa shape index (κ2) is 7.22. The average Bonchev–Trinajstić information content (AvgIpc) is 2.94. The number of aliphatic hydroxyl groups excluding tert-OH is 1. The lowest BCUT2D eigenvalue weighted by Crippen LogP contribution is -2.41. The van der Waals surface area contributed by atoms with Crippen LogP contribution in [-0.2, 0) is 9.84 Å². The molecule has 0 aromatic carbocycles. The number of thiophene rings is 1. The molecule has 2 N–H and O–H groups in total. The Balaban J connectivity index is 1.79. The molecule has 0 radical (unpaired) electrons. The maximum absolute atomic E-state index is 12.1. The number of hydrogen-bond donors (Lipinski definition) is 2. The maximum atomic E-state index is 12.1. The highest BCUT2D eigenvalue weighted by Crippen LogP contribution is 2.29. The van der Waals surface area contributed by atoms with Crippen LogP contribution in [-0.4, -0.2) is 38.0 Å². The van der Waals surface area contributed by atoms with E-state index in [-0.39, 0.29) is 5.75 Å². The van der Waals surface area contributed by atoms with Crippen molar-refractivity contribution in [2.24, 2.45) is 11.8 Å². The van der Waals surface area contributed by atoms with Crippen molar-refractivity contribution in [3.8, 4) is 0 Å². The molecule has 21 heavy (non-hydrogen) atoms. The van der Waals surface area contributed by atoms with Crippen LogP contribution in [0.2, 0.25) is 0 Å². The summed E-state index contributed by atoms with van der Waals surface area (Å²) in [7, 11) is -3.36. The third-order valence-corrected chi connectivity index (χ3v) is 7.74. The van der Waals surface area contributed by atoms with E-state index < -0.39 is 15.9 Å². The average molecular weight is 332 g/mol. The van der Waals surface area contributed by atoms with Gasteiger partial charge in [-0.25, -0.2) is 8.42 Å². The fourth-order valence-corrected chi connectivity index (χ4v) is 5.35. The minimum atomic E-state index is -3.36. The van der Waals surface area contributed by atoms with Gasteiger partial charge in [-0.3, -0.25) is 0 Å². The zero-order chi connectivity index (χ0) is 15.5. The minimum absolute atomic E-state index is 0.209. The Bertz CT molecular complexity index is 527. The Morgan fingerprint density at radius 2 is 2.14 bits per heavy atom. The maximum Gasteiger partial charge on any atom is 0.190 e. The molecule has 0 amide bonds. The van der Waals surface area contributed by atoms with Gasteiger partial charge in [0.1, 0.15) is 4.21 Å². The van der Waals surface area contributed by atoms with Crippen LogP contribution in [0.25, 0.3) is 0 Å². The molecule has 1 aromatic heterocycles. The van der Waals surface area contributed by atoms with Crippen LogP contribution < -0.4 is 5.32 Å². The highest BCUT2D eigenvalue weighted by Gasteiger charge is 2.26. The lowest BCUT2D eigenvalue weighted by Gasteiger charge is -2.33. The number of nitrogens with one attached hydrogen (secondary N) is 1. The van der Waals surface area contributed by atoms with E-state index in [0.717, 1.165) is 18.8 Å². The Hall–Kier alpha value is -0.430. The van der Waals surface area contributed by atoms with Gasteiger partial charge in [0.05, 0.1) is 11.9 Å². The quantitative estimate of drug-likeness (QED) is 0.839. The summed E-state index contributed by atoms with van der Waals surface area (Å²) in [5.41, 5.74) is 0. The molecule has 1 aliphatic rings. The van der Waals surface area contributed by atoms with Crippen molar-refractivity contribution >= 4 is 21.2 Å². The van der Waals surface area contributed by atoms with E-state index in [1.807, 2.05) is 0 Å². The summed E-state index contributed by atoms with van der Waals surface area (Å²) in [6, 6.07) is 3.70. The van der Waals surface area contributed by atoms with E-state index in [1.165, 1.54) is 17.8 Å². The molecule has 1 saturated carbocycles. The van der Waals surface area contributed by atoms with Gasteiger partial charge in [-0.1, -0.05) is 19.9 Å². The van der Waals surface area contributed by atoms with Gasteiger partial charge in [0.25, 0.3) is 0 Å². The van der Waals surface area contributed by atoms with Crippen molar-refractivity contribution in [1.29, 1.82) is 0 Å². The van der Waals surface area contributed by atoms with Crippen LogP contribution in [0, 0.1) is 11.8 Å². The van der Waals surface area contributed by atoms with E-state index >= 15 is 0 Å². The van der Waals surface area contributed by atoms with Crippen LogP contribution in [0.4, 0.5) is 0 Å². The molecule has 1 heterocycles. The first-order valence-corrected chi connectivity index (χ1v) is 10.1.